The summed E-state index contributed by atoms with van der Waals surface area (Å²) >= 11 is 0. The van der Waals surface area contributed by atoms with Crippen molar-refractivity contribution in [1.82, 2.24) is 4.57 Å². The second-order valence-electron chi connectivity index (χ2n) is 7.53. The minimum atomic E-state index is 0.301. The lowest BCUT2D eigenvalue weighted by Crippen LogP contribution is -2.08. The van der Waals surface area contributed by atoms with Gasteiger partial charge in [0, 0.05) is 23.6 Å². The highest BCUT2D eigenvalue weighted by molar-refractivity contribution is 5.85. The Bertz CT molecular complexity index is 773. The lowest BCUT2D eigenvalue weighted by Gasteiger charge is -2.17. The fourth-order valence-electron chi connectivity index (χ4n) is 3.11. The van der Waals surface area contributed by atoms with Crippen LogP contribution in [-0.2, 0) is 13.0 Å². The molecule has 1 aromatic heterocycles. The molecule has 0 radical (unpaired) electrons. The zero-order valence-corrected chi connectivity index (χ0v) is 14.1. The summed E-state index contributed by atoms with van der Waals surface area (Å²) in [7, 11) is 0. The lowest BCUT2D eigenvalue weighted by atomic mass is 9.88. The highest BCUT2D eigenvalue weighted by Crippen LogP contribution is 2.29. The molecule has 2 aromatic carbocycles. The van der Waals surface area contributed by atoms with E-state index in [2.05, 4.69) is 87.0 Å². The van der Waals surface area contributed by atoms with E-state index in [0.29, 0.717) is 5.41 Å². The highest BCUT2D eigenvalue weighted by atomic mass is 15.0. The molecule has 3 aromatic rings. The number of nitrogens with zero attached hydrogens (tertiary/aromatic N) is 1. The van der Waals surface area contributed by atoms with Crippen LogP contribution in [-0.4, -0.2) is 4.57 Å². The summed E-state index contributed by atoms with van der Waals surface area (Å²) < 4.78 is 2.39. The third-order valence-electron chi connectivity index (χ3n) is 4.04. The van der Waals surface area contributed by atoms with E-state index >= 15 is 0 Å². The van der Waals surface area contributed by atoms with Crippen LogP contribution in [0.2, 0.25) is 0 Å². The average molecular weight is 291 g/mol. The van der Waals surface area contributed by atoms with Crippen LogP contribution < -0.4 is 0 Å². The van der Waals surface area contributed by atoms with E-state index in [4.69, 9.17) is 0 Å². The fourth-order valence-corrected chi connectivity index (χ4v) is 3.11. The summed E-state index contributed by atoms with van der Waals surface area (Å²) in [6.07, 6.45) is 3.46. The number of fused-ring (bicyclic) bond motifs is 1. The number of aromatic nitrogens is 1. The Morgan fingerprint density at radius 3 is 2.36 bits per heavy atom. The molecule has 0 aliphatic heterocycles. The SMILES string of the molecule is Cc1ccc2c(c1)c(CC(C)(C)C)cn2Cc1ccccc1. The Labute approximate surface area is 133 Å². The van der Waals surface area contributed by atoms with Crippen molar-refractivity contribution < 1.29 is 0 Å². The molecular formula is C21H25N. The molecule has 0 spiro atoms. The summed E-state index contributed by atoms with van der Waals surface area (Å²) in [5.41, 5.74) is 5.79. The smallest absolute Gasteiger partial charge is 0.0486 e. The van der Waals surface area contributed by atoms with Gasteiger partial charge in [-0.3, -0.25) is 0 Å². The Morgan fingerprint density at radius 1 is 0.955 bits per heavy atom. The van der Waals surface area contributed by atoms with E-state index in [0.717, 1.165) is 13.0 Å². The van der Waals surface area contributed by atoms with E-state index in [9.17, 15) is 0 Å². The molecule has 0 atom stereocenters. The molecule has 0 saturated heterocycles. The molecule has 3 rings (SSSR count). The lowest BCUT2D eigenvalue weighted by molar-refractivity contribution is 0.412. The topological polar surface area (TPSA) is 4.93 Å². The number of hydrogen-bond donors (Lipinski definition) is 0. The standard InChI is InChI=1S/C21H25N/c1-16-10-11-20-19(12-16)18(13-21(2,3)4)15-22(20)14-17-8-6-5-7-9-17/h5-12,15H,13-14H2,1-4H3. The molecule has 22 heavy (non-hydrogen) atoms. The minimum absolute atomic E-state index is 0.301. The van der Waals surface area contributed by atoms with Crippen LogP contribution in [0.5, 0.6) is 0 Å². The summed E-state index contributed by atoms with van der Waals surface area (Å²) in [6.45, 7) is 10.0. The van der Waals surface area contributed by atoms with Crippen LogP contribution in [0, 0.1) is 12.3 Å². The first-order chi connectivity index (χ1) is 10.4. The van der Waals surface area contributed by atoms with Crippen molar-refractivity contribution in [1.29, 1.82) is 0 Å². The van der Waals surface area contributed by atoms with Crippen LogP contribution >= 0.6 is 0 Å². The first-order valence-corrected chi connectivity index (χ1v) is 8.05. The van der Waals surface area contributed by atoms with Gasteiger partial charge in [-0.1, -0.05) is 62.7 Å². The van der Waals surface area contributed by atoms with Crippen molar-refractivity contribution in [3.05, 3.63) is 71.4 Å². The van der Waals surface area contributed by atoms with E-state index < -0.39 is 0 Å². The van der Waals surface area contributed by atoms with Crippen LogP contribution in [0.4, 0.5) is 0 Å². The van der Waals surface area contributed by atoms with Gasteiger partial charge in [-0.2, -0.15) is 0 Å². The van der Waals surface area contributed by atoms with Gasteiger partial charge in [-0.05, 0) is 42.0 Å². The van der Waals surface area contributed by atoms with Gasteiger partial charge in [0.1, 0.15) is 0 Å². The third-order valence-corrected chi connectivity index (χ3v) is 4.04. The first kappa shape index (κ1) is 14.9. The summed E-state index contributed by atoms with van der Waals surface area (Å²) in [5.74, 6) is 0. The Kier molecular flexibility index (Phi) is 3.82. The predicted octanol–water partition coefficient (Wildman–Crippen LogP) is 5.59. The number of rotatable bonds is 3. The van der Waals surface area contributed by atoms with Gasteiger partial charge in [0.2, 0.25) is 0 Å². The third kappa shape index (κ3) is 3.24. The Hall–Kier alpha value is -2.02. The second kappa shape index (κ2) is 5.64. The van der Waals surface area contributed by atoms with E-state index in [1.165, 1.54) is 27.6 Å². The highest BCUT2D eigenvalue weighted by Gasteiger charge is 2.16. The van der Waals surface area contributed by atoms with Crippen molar-refractivity contribution in [2.75, 3.05) is 0 Å². The van der Waals surface area contributed by atoms with Gasteiger partial charge in [0.05, 0.1) is 0 Å². The first-order valence-electron chi connectivity index (χ1n) is 8.05. The van der Waals surface area contributed by atoms with Gasteiger partial charge < -0.3 is 4.57 Å². The maximum atomic E-state index is 2.39. The van der Waals surface area contributed by atoms with Gasteiger partial charge >= 0.3 is 0 Å². The predicted molar refractivity (Wildman–Crippen MR) is 95.4 cm³/mol. The molecule has 0 unspecified atom stereocenters. The monoisotopic (exact) mass is 291 g/mol. The van der Waals surface area contributed by atoms with E-state index in [-0.39, 0.29) is 0 Å². The van der Waals surface area contributed by atoms with Crippen LogP contribution in [0.25, 0.3) is 10.9 Å². The Morgan fingerprint density at radius 2 is 1.68 bits per heavy atom. The molecule has 0 N–H and O–H groups in total. The number of hydrogen-bond acceptors (Lipinski definition) is 0. The summed E-state index contributed by atoms with van der Waals surface area (Å²) in [4.78, 5) is 0. The maximum Gasteiger partial charge on any atom is 0.0486 e. The molecule has 0 aliphatic carbocycles. The van der Waals surface area contributed by atoms with E-state index in [1.807, 2.05) is 0 Å². The Balaban J connectivity index is 2.07. The molecular weight excluding hydrogens is 266 g/mol. The summed E-state index contributed by atoms with van der Waals surface area (Å²) in [5, 5.41) is 1.41. The van der Waals surface area contributed by atoms with E-state index in [1.54, 1.807) is 0 Å². The van der Waals surface area contributed by atoms with Gasteiger partial charge in [-0.15, -0.1) is 0 Å². The van der Waals surface area contributed by atoms with Crippen molar-refractivity contribution in [3.63, 3.8) is 0 Å². The molecule has 0 saturated carbocycles. The van der Waals surface area contributed by atoms with Crippen LogP contribution in [0.1, 0.15) is 37.5 Å². The van der Waals surface area contributed by atoms with Crippen LogP contribution in [0.3, 0.4) is 0 Å². The normalized spacial score (nSPS) is 12.0. The molecule has 0 aliphatic rings. The fraction of sp³-hybridized carbons (Fsp3) is 0.333. The minimum Gasteiger partial charge on any atom is -0.343 e. The molecule has 1 heteroatoms. The zero-order chi connectivity index (χ0) is 15.7. The quantitative estimate of drug-likeness (QED) is 0.593. The van der Waals surface area contributed by atoms with Gasteiger partial charge in [-0.25, -0.2) is 0 Å². The number of benzene rings is 2. The average Bonchev–Trinajstić information content (AvgIpc) is 2.75. The van der Waals surface area contributed by atoms with Crippen molar-refractivity contribution >= 4 is 10.9 Å². The zero-order valence-electron chi connectivity index (χ0n) is 14.1. The molecule has 0 bridgehead atoms. The molecule has 1 nitrogen and oxygen atoms in total. The molecule has 114 valence electrons. The molecule has 0 fully saturated rings. The second-order valence-corrected chi connectivity index (χ2v) is 7.53. The van der Waals surface area contributed by atoms with Crippen molar-refractivity contribution in [3.8, 4) is 0 Å². The maximum absolute atomic E-state index is 2.39. The van der Waals surface area contributed by atoms with Gasteiger partial charge in [0.25, 0.3) is 0 Å². The molecule has 0 amide bonds. The van der Waals surface area contributed by atoms with Crippen molar-refractivity contribution in [2.45, 2.75) is 40.7 Å². The van der Waals surface area contributed by atoms with Gasteiger partial charge in [0.15, 0.2) is 0 Å². The largest absolute Gasteiger partial charge is 0.343 e. The van der Waals surface area contributed by atoms with Crippen molar-refractivity contribution in [2.24, 2.45) is 5.41 Å². The molecule has 1 heterocycles. The van der Waals surface area contributed by atoms with Crippen LogP contribution in [0.15, 0.2) is 54.7 Å². The summed E-state index contributed by atoms with van der Waals surface area (Å²) in [6, 6.07) is 17.5. The number of aryl methyl sites for hydroxylation is 1.